The fourth-order valence-corrected chi connectivity index (χ4v) is 2.36. The van der Waals surface area contributed by atoms with Gasteiger partial charge in [-0.15, -0.1) is 0 Å². The van der Waals surface area contributed by atoms with E-state index in [9.17, 15) is 19.5 Å². The number of hydrogen-bond donors (Lipinski definition) is 2. The van der Waals surface area contributed by atoms with E-state index >= 15 is 0 Å². The van der Waals surface area contributed by atoms with E-state index in [0.29, 0.717) is 6.42 Å². The van der Waals surface area contributed by atoms with Gasteiger partial charge in [-0.2, -0.15) is 0 Å². The predicted molar refractivity (Wildman–Crippen MR) is 91.6 cm³/mol. The van der Waals surface area contributed by atoms with E-state index in [1.807, 2.05) is 24.3 Å². The molecule has 24 heavy (non-hydrogen) atoms. The second-order valence-corrected chi connectivity index (χ2v) is 5.75. The Morgan fingerprint density at radius 3 is 2.25 bits per heavy atom. The Labute approximate surface area is 142 Å². The van der Waals surface area contributed by atoms with Gasteiger partial charge in [-0.25, -0.2) is 4.79 Å². The van der Waals surface area contributed by atoms with Crippen molar-refractivity contribution in [2.75, 3.05) is 13.1 Å². The summed E-state index contributed by atoms with van der Waals surface area (Å²) in [5, 5.41) is 11.8. The lowest BCUT2D eigenvalue weighted by Crippen LogP contribution is -2.46. The van der Waals surface area contributed by atoms with E-state index in [1.54, 1.807) is 0 Å². The molecule has 1 aromatic rings. The summed E-state index contributed by atoms with van der Waals surface area (Å²) < 4.78 is 0. The van der Waals surface area contributed by atoms with Gasteiger partial charge in [0.15, 0.2) is 0 Å². The van der Waals surface area contributed by atoms with Crippen molar-refractivity contribution < 1.29 is 19.5 Å². The van der Waals surface area contributed by atoms with E-state index in [0.717, 1.165) is 12.0 Å². The number of aryl methyl sites for hydroxylation is 2. The minimum atomic E-state index is -1.06. The Morgan fingerprint density at radius 2 is 1.75 bits per heavy atom. The first-order valence-electron chi connectivity index (χ1n) is 8.19. The first kappa shape index (κ1) is 19.7. The summed E-state index contributed by atoms with van der Waals surface area (Å²) in [5.41, 5.74) is 2.28. The first-order valence-corrected chi connectivity index (χ1v) is 8.19. The van der Waals surface area contributed by atoms with E-state index in [-0.39, 0.29) is 31.3 Å². The summed E-state index contributed by atoms with van der Waals surface area (Å²) in [6.45, 7) is 5.36. The van der Waals surface area contributed by atoms with Crippen LogP contribution in [0.15, 0.2) is 24.3 Å². The Balaban J connectivity index is 2.64. The molecule has 0 aromatic heterocycles. The largest absolute Gasteiger partial charge is 0.480 e. The average Bonchev–Trinajstić information content (AvgIpc) is 2.56. The molecular formula is C18H26N2O4. The normalized spacial score (nSPS) is 11.6. The fourth-order valence-electron chi connectivity index (χ4n) is 2.36. The third kappa shape index (κ3) is 6.40. The second-order valence-electron chi connectivity index (χ2n) is 5.75. The van der Waals surface area contributed by atoms with Crippen molar-refractivity contribution in [3.63, 3.8) is 0 Å². The summed E-state index contributed by atoms with van der Waals surface area (Å²) in [6.07, 6.45) is 1.77. The maximum atomic E-state index is 12.4. The van der Waals surface area contributed by atoms with Crippen LogP contribution in [0.1, 0.15) is 38.3 Å². The standard InChI is InChI=1S/C18H26N2O4/c1-4-15-5-7-16(8-6-15)9-10-17(22)20(13(2)18(23)24)12-11-19-14(3)21/h5-8,13H,4,9-12H2,1-3H3,(H,19,21)(H,23,24). The number of rotatable bonds is 9. The lowest BCUT2D eigenvalue weighted by Gasteiger charge is -2.26. The fraction of sp³-hybridized carbons (Fsp3) is 0.500. The highest BCUT2D eigenvalue weighted by Gasteiger charge is 2.24. The highest BCUT2D eigenvalue weighted by atomic mass is 16.4. The number of benzene rings is 1. The number of carboxylic acids is 1. The summed E-state index contributed by atoms with van der Waals surface area (Å²) in [5.74, 6) is -1.49. The van der Waals surface area contributed by atoms with Crippen molar-refractivity contribution in [1.29, 1.82) is 0 Å². The molecule has 2 N–H and O–H groups in total. The zero-order valence-electron chi connectivity index (χ0n) is 14.5. The van der Waals surface area contributed by atoms with Crippen molar-refractivity contribution in [2.24, 2.45) is 0 Å². The van der Waals surface area contributed by atoms with Crippen LogP contribution in [0.5, 0.6) is 0 Å². The van der Waals surface area contributed by atoms with Crippen molar-refractivity contribution >= 4 is 17.8 Å². The smallest absolute Gasteiger partial charge is 0.326 e. The van der Waals surface area contributed by atoms with Crippen LogP contribution in [0.2, 0.25) is 0 Å². The minimum Gasteiger partial charge on any atom is -0.480 e. The second kappa shape index (κ2) is 9.70. The number of carbonyl (C=O) groups excluding carboxylic acids is 2. The summed E-state index contributed by atoms with van der Waals surface area (Å²) in [7, 11) is 0. The van der Waals surface area contributed by atoms with Crippen LogP contribution < -0.4 is 5.32 Å². The molecule has 1 aromatic carbocycles. The molecule has 0 radical (unpaired) electrons. The van der Waals surface area contributed by atoms with Gasteiger partial charge in [0.05, 0.1) is 0 Å². The molecule has 0 aliphatic heterocycles. The topological polar surface area (TPSA) is 86.7 Å². The number of carboxylic acid groups (broad SMARTS) is 1. The maximum absolute atomic E-state index is 12.4. The third-order valence-electron chi connectivity index (χ3n) is 3.93. The van der Waals surface area contributed by atoms with Crippen LogP contribution in [-0.4, -0.2) is 46.9 Å². The minimum absolute atomic E-state index is 0.181. The van der Waals surface area contributed by atoms with Crippen molar-refractivity contribution in [3.05, 3.63) is 35.4 Å². The zero-order valence-corrected chi connectivity index (χ0v) is 14.5. The molecular weight excluding hydrogens is 308 g/mol. The van der Waals surface area contributed by atoms with Crippen LogP contribution in [0.4, 0.5) is 0 Å². The summed E-state index contributed by atoms with van der Waals surface area (Å²) >= 11 is 0. The van der Waals surface area contributed by atoms with Gasteiger partial charge in [0, 0.05) is 26.4 Å². The van der Waals surface area contributed by atoms with Crippen LogP contribution in [0.3, 0.4) is 0 Å². The zero-order chi connectivity index (χ0) is 18.1. The maximum Gasteiger partial charge on any atom is 0.326 e. The molecule has 1 atom stereocenters. The quantitative estimate of drug-likeness (QED) is 0.718. The third-order valence-corrected chi connectivity index (χ3v) is 3.93. The van der Waals surface area contributed by atoms with E-state index in [1.165, 1.54) is 24.3 Å². The van der Waals surface area contributed by atoms with E-state index in [2.05, 4.69) is 12.2 Å². The molecule has 0 aliphatic rings. The molecule has 0 heterocycles. The molecule has 1 rings (SSSR count). The van der Waals surface area contributed by atoms with Crippen LogP contribution in [0.25, 0.3) is 0 Å². The van der Waals surface area contributed by atoms with Gasteiger partial charge >= 0.3 is 5.97 Å². The van der Waals surface area contributed by atoms with Gasteiger partial charge in [0.2, 0.25) is 11.8 Å². The monoisotopic (exact) mass is 334 g/mol. The van der Waals surface area contributed by atoms with Crippen molar-refractivity contribution in [1.82, 2.24) is 10.2 Å². The van der Waals surface area contributed by atoms with Crippen molar-refractivity contribution in [2.45, 2.75) is 46.1 Å². The predicted octanol–water partition coefficient (Wildman–Crippen LogP) is 1.62. The van der Waals surface area contributed by atoms with Gasteiger partial charge in [-0.1, -0.05) is 31.2 Å². The molecule has 0 saturated carbocycles. The number of carbonyl (C=O) groups is 3. The van der Waals surface area contributed by atoms with Gasteiger partial charge in [0.25, 0.3) is 0 Å². The molecule has 6 heteroatoms. The summed E-state index contributed by atoms with van der Waals surface area (Å²) in [6, 6.07) is 7.14. The molecule has 2 amide bonds. The molecule has 132 valence electrons. The lowest BCUT2D eigenvalue weighted by molar-refractivity contribution is -0.149. The number of aliphatic carboxylic acids is 1. The van der Waals surface area contributed by atoms with Gasteiger partial charge in [0.1, 0.15) is 6.04 Å². The van der Waals surface area contributed by atoms with E-state index < -0.39 is 12.0 Å². The molecule has 0 spiro atoms. The van der Waals surface area contributed by atoms with Gasteiger partial charge in [-0.05, 0) is 30.9 Å². The van der Waals surface area contributed by atoms with Crippen LogP contribution >= 0.6 is 0 Å². The Bertz CT molecular complexity index is 569. The molecule has 0 fully saturated rings. The summed E-state index contributed by atoms with van der Waals surface area (Å²) in [4.78, 5) is 35.9. The highest BCUT2D eigenvalue weighted by molar-refractivity contribution is 5.83. The van der Waals surface area contributed by atoms with Crippen LogP contribution in [0, 0.1) is 0 Å². The van der Waals surface area contributed by atoms with Crippen molar-refractivity contribution in [3.8, 4) is 0 Å². The first-order chi connectivity index (χ1) is 11.3. The molecule has 1 unspecified atom stereocenters. The lowest BCUT2D eigenvalue weighted by atomic mass is 10.1. The highest BCUT2D eigenvalue weighted by Crippen LogP contribution is 2.10. The molecule has 0 saturated heterocycles. The van der Waals surface area contributed by atoms with Gasteiger partial charge in [-0.3, -0.25) is 9.59 Å². The van der Waals surface area contributed by atoms with Gasteiger partial charge < -0.3 is 15.3 Å². The number of nitrogens with one attached hydrogen (secondary N) is 1. The Hall–Kier alpha value is -2.37. The number of hydrogen-bond acceptors (Lipinski definition) is 3. The van der Waals surface area contributed by atoms with E-state index in [4.69, 9.17) is 0 Å². The molecule has 0 aliphatic carbocycles. The number of nitrogens with zero attached hydrogens (tertiary/aromatic N) is 1. The average molecular weight is 334 g/mol. The Morgan fingerprint density at radius 1 is 1.17 bits per heavy atom. The molecule has 0 bridgehead atoms. The number of amides is 2. The molecule has 6 nitrogen and oxygen atoms in total. The Kier molecular flexibility index (Phi) is 7.95. The van der Waals surface area contributed by atoms with Crippen LogP contribution in [-0.2, 0) is 27.2 Å². The SMILES string of the molecule is CCc1ccc(CCC(=O)N(CCNC(C)=O)C(C)C(=O)O)cc1.